The summed E-state index contributed by atoms with van der Waals surface area (Å²) in [6.45, 7) is 1.89. The van der Waals surface area contributed by atoms with Crippen LogP contribution in [0.3, 0.4) is 0 Å². The van der Waals surface area contributed by atoms with E-state index in [-0.39, 0.29) is 10.9 Å². The van der Waals surface area contributed by atoms with Crippen molar-refractivity contribution < 1.29 is 4.39 Å². The number of fused-ring (bicyclic) bond motifs is 1. The van der Waals surface area contributed by atoms with E-state index in [2.05, 4.69) is 4.98 Å². The summed E-state index contributed by atoms with van der Waals surface area (Å²) in [5, 5.41) is 9.23. The van der Waals surface area contributed by atoms with Crippen molar-refractivity contribution in [2.24, 2.45) is 0 Å². The van der Waals surface area contributed by atoms with E-state index in [0.29, 0.717) is 29.0 Å². The summed E-state index contributed by atoms with van der Waals surface area (Å²) < 4.78 is 14.9. The van der Waals surface area contributed by atoms with Crippen molar-refractivity contribution in [3.63, 3.8) is 0 Å². The molecule has 0 saturated heterocycles. The minimum absolute atomic E-state index is 0.222. The lowest BCUT2D eigenvalue weighted by Gasteiger charge is -2.12. The maximum atomic E-state index is 13.4. The standard InChI is InChI=1S/C17H12FN3O/c1-2-16-20-15-7-6-12(18)9-14(15)17(22)21(16)13-5-3-4-11(8-13)10-19/h3-9H,2H2,1H3. The lowest BCUT2D eigenvalue weighted by atomic mass is 10.2. The van der Waals surface area contributed by atoms with E-state index in [9.17, 15) is 9.18 Å². The summed E-state index contributed by atoms with van der Waals surface area (Å²) in [6, 6.07) is 12.7. The third kappa shape index (κ3) is 2.25. The summed E-state index contributed by atoms with van der Waals surface area (Å²) in [6.07, 6.45) is 0.541. The van der Waals surface area contributed by atoms with E-state index in [4.69, 9.17) is 5.26 Å². The van der Waals surface area contributed by atoms with Crippen molar-refractivity contribution in [2.75, 3.05) is 0 Å². The molecule has 108 valence electrons. The lowest BCUT2D eigenvalue weighted by Crippen LogP contribution is -2.23. The fraction of sp³-hybridized carbons (Fsp3) is 0.118. The van der Waals surface area contributed by atoms with Crippen LogP contribution in [0.1, 0.15) is 18.3 Å². The first-order valence-corrected chi connectivity index (χ1v) is 6.85. The van der Waals surface area contributed by atoms with Crippen molar-refractivity contribution in [3.05, 3.63) is 70.0 Å². The molecule has 0 unspecified atom stereocenters. The van der Waals surface area contributed by atoms with Crippen LogP contribution in [-0.2, 0) is 6.42 Å². The Balaban J connectivity index is 2.39. The monoisotopic (exact) mass is 293 g/mol. The van der Waals surface area contributed by atoms with Crippen LogP contribution in [0.15, 0.2) is 47.3 Å². The molecule has 2 aromatic carbocycles. The molecule has 1 heterocycles. The van der Waals surface area contributed by atoms with Crippen molar-refractivity contribution in [1.82, 2.24) is 9.55 Å². The van der Waals surface area contributed by atoms with Gasteiger partial charge in [0.25, 0.3) is 5.56 Å². The second-order valence-corrected chi connectivity index (χ2v) is 4.85. The van der Waals surface area contributed by atoms with Gasteiger partial charge in [0.1, 0.15) is 11.6 Å². The molecule has 0 aliphatic heterocycles. The first-order valence-electron chi connectivity index (χ1n) is 6.85. The molecule has 4 nitrogen and oxygen atoms in total. The largest absolute Gasteiger partial charge is 0.268 e. The normalized spacial score (nSPS) is 10.6. The smallest absolute Gasteiger partial charge is 0.266 e. The molecule has 5 heteroatoms. The van der Waals surface area contributed by atoms with E-state index < -0.39 is 5.82 Å². The highest BCUT2D eigenvalue weighted by Crippen LogP contribution is 2.15. The fourth-order valence-corrected chi connectivity index (χ4v) is 2.42. The van der Waals surface area contributed by atoms with Crippen LogP contribution in [-0.4, -0.2) is 9.55 Å². The van der Waals surface area contributed by atoms with Gasteiger partial charge in [-0.2, -0.15) is 5.26 Å². The van der Waals surface area contributed by atoms with Crippen LogP contribution in [0.25, 0.3) is 16.6 Å². The van der Waals surface area contributed by atoms with Gasteiger partial charge >= 0.3 is 0 Å². The number of rotatable bonds is 2. The number of halogens is 1. The summed E-state index contributed by atoms with van der Waals surface area (Å²) in [5.74, 6) is 0.0900. The topological polar surface area (TPSA) is 58.7 Å². The van der Waals surface area contributed by atoms with Gasteiger partial charge in [0.05, 0.1) is 28.2 Å². The van der Waals surface area contributed by atoms with Gasteiger partial charge in [0.2, 0.25) is 0 Å². The van der Waals surface area contributed by atoms with E-state index >= 15 is 0 Å². The number of hydrogen-bond donors (Lipinski definition) is 0. The minimum atomic E-state index is -0.479. The van der Waals surface area contributed by atoms with E-state index in [0.717, 1.165) is 0 Å². The van der Waals surface area contributed by atoms with Crippen molar-refractivity contribution in [3.8, 4) is 11.8 Å². The molecule has 0 radical (unpaired) electrons. The Bertz CT molecular complexity index is 970. The molecule has 0 N–H and O–H groups in total. The average Bonchev–Trinajstić information content (AvgIpc) is 2.55. The van der Waals surface area contributed by atoms with Crippen LogP contribution < -0.4 is 5.56 Å². The van der Waals surface area contributed by atoms with Crippen LogP contribution >= 0.6 is 0 Å². The van der Waals surface area contributed by atoms with Crippen LogP contribution in [0.4, 0.5) is 4.39 Å². The van der Waals surface area contributed by atoms with Crippen molar-refractivity contribution >= 4 is 10.9 Å². The molecular formula is C17H12FN3O. The first-order chi connectivity index (χ1) is 10.6. The maximum absolute atomic E-state index is 13.4. The average molecular weight is 293 g/mol. The summed E-state index contributed by atoms with van der Waals surface area (Å²) in [4.78, 5) is 17.2. The quantitative estimate of drug-likeness (QED) is 0.730. The van der Waals surface area contributed by atoms with Crippen LogP contribution in [0.2, 0.25) is 0 Å². The molecule has 0 amide bonds. The Labute approximate surface area is 126 Å². The fourth-order valence-electron chi connectivity index (χ4n) is 2.42. The summed E-state index contributed by atoms with van der Waals surface area (Å²) >= 11 is 0. The molecule has 0 atom stereocenters. The van der Waals surface area contributed by atoms with Gasteiger partial charge in [-0.05, 0) is 36.4 Å². The molecule has 3 aromatic rings. The van der Waals surface area contributed by atoms with Gasteiger partial charge in [-0.25, -0.2) is 9.37 Å². The van der Waals surface area contributed by atoms with Crippen LogP contribution in [0, 0.1) is 17.1 Å². The lowest BCUT2D eigenvalue weighted by molar-refractivity contribution is 0.629. The maximum Gasteiger partial charge on any atom is 0.266 e. The molecule has 0 saturated carbocycles. The number of aromatic nitrogens is 2. The highest BCUT2D eigenvalue weighted by atomic mass is 19.1. The van der Waals surface area contributed by atoms with Gasteiger partial charge in [0, 0.05) is 6.42 Å². The third-order valence-corrected chi connectivity index (χ3v) is 3.45. The number of nitriles is 1. The Morgan fingerprint density at radius 2 is 2.09 bits per heavy atom. The minimum Gasteiger partial charge on any atom is -0.268 e. The van der Waals surface area contributed by atoms with Gasteiger partial charge < -0.3 is 0 Å². The molecule has 0 aliphatic carbocycles. The summed E-state index contributed by atoms with van der Waals surface area (Å²) in [7, 11) is 0. The predicted octanol–water partition coefficient (Wildman–Crippen LogP) is 2.96. The molecule has 22 heavy (non-hydrogen) atoms. The number of nitrogens with zero attached hydrogens (tertiary/aromatic N) is 3. The zero-order valence-electron chi connectivity index (χ0n) is 11.9. The SMILES string of the molecule is CCc1nc2ccc(F)cc2c(=O)n1-c1cccc(C#N)c1. The summed E-state index contributed by atoms with van der Waals surface area (Å²) in [5.41, 5.74) is 1.14. The van der Waals surface area contributed by atoms with Crippen molar-refractivity contribution in [1.29, 1.82) is 5.26 Å². The second-order valence-electron chi connectivity index (χ2n) is 4.85. The highest BCUT2D eigenvalue weighted by Gasteiger charge is 2.12. The molecule has 0 aliphatic rings. The zero-order valence-corrected chi connectivity index (χ0v) is 11.9. The number of aryl methyl sites for hydroxylation is 1. The molecule has 0 fully saturated rings. The van der Waals surface area contributed by atoms with Crippen molar-refractivity contribution in [2.45, 2.75) is 13.3 Å². The zero-order chi connectivity index (χ0) is 15.7. The second kappa shape index (κ2) is 5.41. The Morgan fingerprint density at radius 1 is 1.27 bits per heavy atom. The Morgan fingerprint density at radius 3 is 2.82 bits per heavy atom. The molecule has 0 bridgehead atoms. The van der Waals surface area contributed by atoms with Gasteiger partial charge in [0.15, 0.2) is 0 Å². The first kappa shape index (κ1) is 14.0. The molecule has 1 aromatic heterocycles. The molecule has 3 rings (SSSR count). The Kier molecular flexibility index (Phi) is 3.43. The van der Waals surface area contributed by atoms with Crippen LogP contribution in [0.5, 0.6) is 0 Å². The predicted molar refractivity (Wildman–Crippen MR) is 81.4 cm³/mol. The van der Waals surface area contributed by atoms with E-state index in [1.807, 2.05) is 13.0 Å². The van der Waals surface area contributed by atoms with E-state index in [1.54, 1.807) is 24.3 Å². The van der Waals surface area contributed by atoms with Gasteiger partial charge in [-0.3, -0.25) is 9.36 Å². The van der Waals surface area contributed by atoms with Gasteiger partial charge in [-0.15, -0.1) is 0 Å². The number of hydrogen-bond acceptors (Lipinski definition) is 3. The Hall–Kier alpha value is -3.00. The third-order valence-electron chi connectivity index (χ3n) is 3.45. The number of benzene rings is 2. The molecule has 0 spiro atoms. The van der Waals surface area contributed by atoms with Gasteiger partial charge in [-0.1, -0.05) is 13.0 Å². The van der Waals surface area contributed by atoms with E-state index in [1.165, 1.54) is 22.8 Å². The highest BCUT2D eigenvalue weighted by molar-refractivity contribution is 5.78. The molecular weight excluding hydrogens is 281 g/mol.